The van der Waals surface area contributed by atoms with Crippen LogP contribution in [0.5, 0.6) is 0 Å². The number of carbonyl (C=O) groups excluding carboxylic acids is 2. The summed E-state index contributed by atoms with van der Waals surface area (Å²) < 4.78 is 5.33. The largest absolute Gasteiger partial charge is 0.443 e. The van der Waals surface area contributed by atoms with Crippen molar-refractivity contribution >= 4 is 23.6 Å². The molecular weight excluding hydrogens is 290 g/mol. The molecule has 0 aromatic heterocycles. The first-order valence-electron chi connectivity index (χ1n) is 7.00. The Hall–Kier alpha value is -1.55. The molecule has 21 heavy (non-hydrogen) atoms. The van der Waals surface area contributed by atoms with Crippen LogP contribution in [0.1, 0.15) is 50.8 Å². The zero-order chi connectivity index (χ0) is 15.8. The maximum Gasteiger partial charge on any atom is 0.417 e. The molecule has 1 heterocycles. The van der Waals surface area contributed by atoms with Crippen LogP contribution in [0.3, 0.4) is 0 Å². The third-order valence-electron chi connectivity index (χ3n) is 3.32. The van der Waals surface area contributed by atoms with Gasteiger partial charge < -0.3 is 4.74 Å². The van der Waals surface area contributed by atoms with Crippen molar-refractivity contribution in [2.24, 2.45) is 0 Å². The van der Waals surface area contributed by atoms with Crippen LogP contribution in [0, 0.1) is 6.92 Å². The predicted octanol–water partition coefficient (Wildman–Crippen LogP) is 4.25. The number of ether oxygens (including phenoxy) is 1. The zero-order valence-electron chi connectivity index (χ0n) is 12.8. The van der Waals surface area contributed by atoms with Crippen molar-refractivity contribution in [2.75, 3.05) is 0 Å². The van der Waals surface area contributed by atoms with E-state index in [9.17, 15) is 9.59 Å². The van der Waals surface area contributed by atoms with Crippen LogP contribution in [0.25, 0.3) is 0 Å². The quantitative estimate of drug-likeness (QED) is 0.779. The van der Waals surface area contributed by atoms with Crippen molar-refractivity contribution in [3.8, 4) is 0 Å². The van der Waals surface area contributed by atoms with Gasteiger partial charge in [0.2, 0.25) is 5.91 Å². The Bertz CT molecular complexity index is 577. The standard InChI is InChI=1S/C16H20ClNO3/c1-10-5-6-11(12(17)9-10)13-7-8-14(19)18(13)15(20)21-16(2,3)4/h5-6,9,13H,7-8H2,1-4H3. The third kappa shape index (κ3) is 3.56. The van der Waals surface area contributed by atoms with E-state index >= 15 is 0 Å². The van der Waals surface area contributed by atoms with E-state index in [1.807, 2.05) is 25.1 Å². The predicted molar refractivity (Wildman–Crippen MR) is 81.2 cm³/mol. The molecule has 0 spiro atoms. The molecule has 4 nitrogen and oxygen atoms in total. The van der Waals surface area contributed by atoms with Gasteiger partial charge in [0.25, 0.3) is 0 Å². The Balaban J connectivity index is 2.30. The Morgan fingerprint density at radius 1 is 1.38 bits per heavy atom. The lowest BCUT2D eigenvalue weighted by Crippen LogP contribution is -2.39. The fraction of sp³-hybridized carbons (Fsp3) is 0.500. The van der Waals surface area contributed by atoms with E-state index < -0.39 is 11.7 Å². The van der Waals surface area contributed by atoms with Gasteiger partial charge in [-0.3, -0.25) is 4.79 Å². The minimum atomic E-state index is -0.637. The van der Waals surface area contributed by atoms with Gasteiger partial charge in [0.15, 0.2) is 0 Å². The molecule has 1 aromatic carbocycles. The first-order chi connectivity index (χ1) is 9.69. The summed E-state index contributed by atoms with van der Waals surface area (Å²) in [4.78, 5) is 25.5. The number of aryl methyl sites for hydroxylation is 1. The lowest BCUT2D eigenvalue weighted by atomic mass is 10.0. The molecule has 0 aliphatic carbocycles. The molecule has 5 heteroatoms. The van der Waals surface area contributed by atoms with E-state index in [1.54, 1.807) is 20.8 Å². The number of halogens is 1. The molecule has 2 rings (SSSR count). The summed E-state index contributed by atoms with van der Waals surface area (Å²) in [6, 6.07) is 5.29. The fourth-order valence-corrected chi connectivity index (χ4v) is 2.78. The number of rotatable bonds is 1. The highest BCUT2D eigenvalue weighted by Gasteiger charge is 2.40. The third-order valence-corrected chi connectivity index (χ3v) is 3.64. The summed E-state index contributed by atoms with van der Waals surface area (Å²) in [6.45, 7) is 7.28. The molecule has 1 aliphatic rings. The highest BCUT2D eigenvalue weighted by atomic mass is 35.5. The molecule has 0 N–H and O–H groups in total. The van der Waals surface area contributed by atoms with Crippen molar-refractivity contribution in [1.82, 2.24) is 4.90 Å². The zero-order valence-corrected chi connectivity index (χ0v) is 13.5. The van der Waals surface area contributed by atoms with Crippen molar-refractivity contribution < 1.29 is 14.3 Å². The Kier molecular flexibility index (Phi) is 4.28. The van der Waals surface area contributed by atoms with Crippen molar-refractivity contribution in [3.63, 3.8) is 0 Å². The molecule has 1 saturated heterocycles. The second kappa shape index (κ2) is 5.68. The Labute approximate surface area is 130 Å². The van der Waals surface area contributed by atoms with E-state index in [4.69, 9.17) is 16.3 Å². The van der Waals surface area contributed by atoms with Crippen LogP contribution >= 0.6 is 11.6 Å². The fourth-order valence-electron chi connectivity index (χ4n) is 2.42. The molecule has 1 atom stereocenters. The van der Waals surface area contributed by atoms with E-state index in [0.29, 0.717) is 17.9 Å². The minimum absolute atomic E-state index is 0.217. The minimum Gasteiger partial charge on any atom is -0.443 e. The summed E-state index contributed by atoms with van der Waals surface area (Å²) in [5.74, 6) is -0.217. The van der Waals surface area contributed by atoms with Gasteiger partial charge in [0.1, 0.15) is 5.60 Å². The first kappa shape index (κ1) is 15.8. The Morgan fingerprint density at radius 3 is 2.62 bits per heavy atom. The molecule has 114 valence electrons. The first-order valence-corrected chi connectivity index (χ1v) is 7.38. The highest BCUT2D eigenvalue weighted by Crippen LogP contribution is 2.37. The SMILES string of the molecule is Cc1ccc(C2CCC(=O)N2C(=O)OC(C)(C)C)c(Cl)c1. The summed E-state index contributed by atoms with van der Waals surface area (Å²) in [7, 11) is 0. The van der Waals surface area contributed by atoms with E-state index in [2.05, 4.69) is 0 Å². The summed E-state index contributed by atoms with van der Waals surface area (Å²) in [5, 5.41) is 0.572. The van der Waals surface area contributed by atoms with Gasteiger partial charge in [-0.2, -0.15) is 0 Å². The van der Waals surface area contributed by atoms with Crippen molar-refractivity contribution in [3.05, 3.63) is 34.3 Å². The van der Waals surface area contributed by atoms with Gasteiger partial charge in [-0.25, -0.2) is 9.69 Å². The molecule has 1 fully saturated rings. The second-order valence-electron chi connectivity index (χ2n) is 6.32. The number of hydrogen-bond acceptors (Lipinski definition) is 3. The van der Waals surface area contributed by atoms with Crippen LogP contribution in [-0.2, 0) is 9.53 Å². The van der Waals surface area contributed by atoms with Crippen LogP contribution in [0.2, 0.25) is 5.02 Å². The number of benzene rings is 1. The van der Waals surface area contributed by atoms with E-state index in [1.165, 1.54) is 4.90 Å². The molecule has 0 bridgehead atoms. The number of imide groups is 1. The maximum absolute atomic E-state index is 12.3. The second-order valence-corrected chi connectivity index (χ2v) is 6.73. The number of hydrogen-bond donors (Lipinski definition) is 0. The molecular formula is C16H20ClNO3. The smallest absolute Gasteiger partial charge is 0.417 e. The van der Waals surface area contributed by atoms with Crippen molar-refractivity contribution in [1.29, 1.82) is 0 Å². The molecule has 0 radical (unpaired) electrons. The summed E-state index contributed by atoms with van der Waals surface area (Å²) >= 11 is 6.27. The number of nitrogens with zero attached hydrogens (tertiary/aromatic N) is 1. The average molecular weight is 310 g/mol. The maximum atomic E-state index is 12.3. The number of amides is 2. The van der Waals surface area contributed by atoms with Gasteiger partial charge in [-0.15, -0.1) is 0 Å². The average Bonchev–Trinajstić information content (AvgIpc) is 2.68. The van der Waals surface area contributed by atoms with Crippen LogP contribution < -0.4 is 0 Å². The molecule has 1 aromatic rings. The molecule has 2 amide bonds. The van der Waals surface area contributed by atoms with Gasteiger partial charge >= 0.3 is 6.09 Å². The lowest BCUT2D eigenvalue weighted by molar-refractivity contribution is -0.128. The molecule has 1 aliphatic heterocycles. The van der Waals surface area contributed by atoms with Gasteiger partial charge in [-0.1, -0.05) is 23.7 Å². The Morgan fingerprint density at radius 2 is 2.05 bits per heavy atom. The van der Waals surface area contributed by atoms with Crippen LogP contribution in [0.15, 0.2) is 18.2 Å². The highest BCUT2D eigenvalue weighted by molar-refractivity contribution is 6.31. The van der Waals surface area contributed by atoms with Crippen LogP contribution in [0.4, 0.5) is 4.79 Å². The number of likely N-dealkylation sites (tertiary alicyclic amines) is 1. The molecule has 0 saturated carbocycles. The van der Waals surface area contributed by atoms with Gasteiger partial charge in [0, 0.05) is 11.4 Å². The van der Waals surface area contributed by atoms with Crippen LogP contribution in [-0.4, -0.2) is 22.5 Å². The van der Waals surface area contributed by atoms with Crippen molar-refractivity contribution in [2.45, 2.75) is 52.2 Å². The normalized spacial score (nSPS) is 19.0. The summed E-state index contributed by atoms with van der Waals surface area (Å²) in [6.07, 6.45) is 0.293. The van der Waals surface area contributed by atoms with E-state index in [-0.39, 0.29) is 11.9 Å². The summed E-state index contributed by atoms with van der Waals surface area (Å²) in [5.41, 5.74) is 1.19. The topological polar surface area (TPSA) is 46.6 Å². The lowest BCUT2D eigenvalue weighted by Gasteiger charge is -2.28. The van der Waals surface area contributed by atoms with Gasteiger partial charge in [0.05, 0.1) is 6.04 Å². The van der Waals surface area contributed by atoms with Gasteiger partial charge in [-0.05, 0) is 51.3 Å². The van der Waals surface area contributed by atoms with E-state index in [0.717, 1.165) is 11.1 Å². The molecule has 1 unspecified atom stereocenters. The number of carbonyl (C=O) groups is 2. The monoisotopic (exact) mass is 309 g/mol.